The van der Waals surface area contributed by atoms with Gasteiger partial charge in [0.15, 0.2) is 0 Å². The van der Waals surface area contributed by atoms with Gasteiger partial charge in [0, 0.05) is 24.8 Å². The van der Waals surface area contributed by atoms with Crippen molar-refractivity contribution in [2.45, 2.75) is 45.1 Å². The van der Waals surface area contributed by atoms with Gasteiger partial charge in [-0.25, -0.2) is 0 Å². The van der Waals surface area contributed by atoms with Crippen molar-refractivity contribution in [2.75, 3.05) is 18.0 Å². The molecule has 2 unspecified atom stereocenters. The van der Waals surface area contributed by atoms with Crippen molar-refractivity contribution in [1.82, 2.24) is 0 Å². The van der Waals surface area contributed by atoms with Crippen LogP contribution in [0.15, 0.2) is 54.6 Å². The second-order valence-electron chi connectivity index (χ2n) is 8.25. The van der Waals surface area contributed by atoms with Crippen LogP contribution in [0.1, 0.15) is 38.3 Å². The van der Waals surface area contributed by atoms with Crippen molar-refractivity contribution in [3.8, 4) is 0 Å². The monoisotopic (exact) mass is 322 g/mol. The van der Waals surface area contributed by atoms with Crippen molar-refractivity contribution in [2.24, 2.45) is 11.7 Å². The van der Waals surface area contributed by atoms with Crippen molar-refractivity contribution in [3.05, 3.63) is 65.7 Å². The molecule has 1 aliphatic rings. The molecule has 0 amide bonds. The molecule has 2 aromatic rings. The predicted octanol–water partition coefficient (Wildman–Crippen LogP) is 4.38. The number of hydrogen-bond acceptors (Lipinski definition) is 2. The first-order chi connectivity index (χ1) is 11.4. The third kappa shape index (κ3) is 4.18. The summed E-state index contributed by atoms with van der Waals surface area (Å²) in [5, 5.41) is 0. The Morgan fingerprint density at radius 2 is 1.62 bits per heavy atom. The van der Waals surface area contributed by atoms with Gasteiger partial charge in [-0.15, -0.1) is 0 Å². The fraction of sp³-hybridized carbons (Fsp3) is 0.455. The van der Waals surface area contributed by atoms with E-state index in [1.54, 1.807) is 0 Å². The third-order valence-corrected chi connectivity index (χ3v) is 5.04. The molecule has 1 fully saturated rings. The van der Waals surface area contributed by atoms with E-state index in [0.29, 0.717) is 5.92 Å². The van der Waals surface area contributed by atoms with Crippen molar-refractivity contribution < 1.29 is 0 Å². The van der Waals surface area contributed by atoms with E-state index in [2.05, 4.69) is 80.3 Å². The van der Waals surface area contributed by atoms with E-state index in [1.807, 2.05) is 0 Å². The maximum atomic E-state index is 6.36. The molecule has 24 heavy (non-hydrogen) atoms. The lowest BCUT2D eigenvalue weighted by molar-refractivity contribution is 0.374. The Labute approximate surface area is 146 Å². The maximum Gasteiger partial charge on any atom is 0.0367 e. The molecule has 2 N–H and O–H groups in total. The largest absolute Gasteiger partial charge is 0.370 e. The quantitative estimate of drug-likeness (QED) is 0.908. The summed E-state index contributed by atoms with van der Waals surface area (Å²) in [6.45, 7) is 8.83. The van der Waals surface area contributed by atoms with Crippen molar-refractivity contribution >= 4 is 5.69 Å². The first-order valence-corrected chi connectivity index (χ1v) is 9.07. The van der Waals surface area contributed by atoms with Gasteiger partial charge in [-0.2, -0.15) is 0 Å². The van der Waals surface area contributed by atoms with Crippen LogP contribution in [0.2, 0.25) is 0 Å². The Balaban J connectivity index is 1.71. The van der Waals surface area contributed by atoms with Crippen LogP contribution >= 0.6 is 0 Å². The zero-order chi connectivity index (χ0) is 17.2. The van der Waals surface area contributed by atoms with E-state index in [9.17, 15) is 0 Å². The number of piperidine rings is 1. The van der Waals surface area contributed by atoms with Gasteiger partial charge in [0.25, 0.3) is 0 Å². The average molecular weight is 322 g/mol. The van der Waals surface area contributed by atoms with E-state index in [1.165, 1.54) is 16.8 Å². The van der Waals surface area contributed by atoms with E-state index < -0.39 is 0 Å². The fourth-order valence-corrected chi connectivity index (χ4v) is 3.72. The van der Waals surface area contributed by atoms with E-state index in [-0.39, 0.29) is 11.5 Å². The normalized spacial score (nSPS) is 21.8. The number of hydrogen-bond donors (Lipinski definition) is 1. The molecule has 2 heteroatoms. The van der Waals surface area contributed by atoms with Crippen LogP contribution < -0.4 is 10.6 Å². The Morgan fingerprint density at radius 1 is 0.958 bits per heavy atom. The van der Waals surface area contributed by atoms with Crippen LogP contribution in [0.3, 0.4) is 0 Å². The molecule has 0 saturated carbocycles. The number of rotatable bonds is 3. The number of anilines is 1. The van der Waals surface area contributed by atoms with Crippen molar-refractivity contribution in [1.29, 1.82) is 0 Å². The number of nitrogens with zero attached hydrogens (tertiary/aromatic N) is 1. The van der Waals surface area contributed by atoms with Crippen LogP contribution in [0.4, 0.5) is 5.69 Å². The van der Waals surface area contributed by atoms with Gasteiger partial charge in [0.05, 0.1) is 0 Å². The summed E-state index contributed by atoms with van der Waals surface area (Å²) in [4.78, 5) is 2.47. The standard InChI is InChI=1S/C22H30N2/c1-22(2,3)19-9-11-21(12-10-19)24-15-18(14-20(23)16-24)13-17-7-5-4-6-8-17/h4-12,18,20H,13-16,23H2,1-3H3. The van der Waals surface area contributed by atoms with Gasteiger partial charge in [0.2, 0.25) is 0 Å². The van der Waals surface area contributed by atoms with E-state index in [4.69, 9.17) is 5.73 Å². The smallest absolute Gasteiger partial charge is 0.0367 e. The zero-order valence-corrected chi connectivity index (χ0v) is 15.2. The average Bonchev–Trinajstić information content (AvgIpc) is 2.54. The lowest BCUT2D eigenvalue weighted by atomic mass is 9.86. The molecule has 0 radical (unpaired) electrons. The second-order valence-corrected chi connectivity index (χ2v) is 8.25. The second kappa shape index (κ2) is 6.98. The highest BCUT2D eigenvalue weighted by Crippen LogP contribution is 2.28. The Hall–Kier alpha value is -1.80. The highest BCUT2D eigenvalue weighted by Gasteiger charge is 2.25. The molecule has 0 aliphatic carbocycles. The van der Waals surface area contributed by atoms with Gasteiger partial charge in [-0.05, 0) is 47.4 Å². The Morgan fingerprint density at radius 3 is 2.25 bits per heavy atom. The van der Waals surface area contributed by atoms with E-state index in [0.717, 1.165) is 25.9 Å². The lowest BCUT2D eigenvalue weighted by Gasteiger charge is -2.38. The number of benzene rings is 2. The summed E-state index contributed by atoms with van der Waals surface area (Å²) in [7, 11) is 0. The molecular weight excluding hydrogens is 292 g/mol. The minimum Gasteiger partial charge on any atom is -0.370 e. The first kappa shape index (κ1) is 17.0. The molecule has 128 valence electrons. The predicted molar refractivity (Wildman–Crippen MR) is 104 cm³/mol. The van der Waals surface area contributed by atoms with Crippen LogP contribution in [-0.4, -0.2) is 19.1 Å². The Kier molecular flexibility index (Phi) is 4.96. The molecule has 1 aliphatic heterocycles. The molecular formula is C22H30N2. The third-order valence-electron chi connectivity index (χ3n) is 5.04. The topological polar surface area (TPSA) is 29.3 Å². The molecule has 1 saturated heterocycles. The molecule has 1 heterocycles. The summed E-state index contributed by atoms with van der Waals surface area (Å²) in [6, 6.07) is 20.1. The summed E-state index contributed by atoms with van der Waals surface area (Å²) in [6.07, 6.45) is 2.23. The summed E-state index contributed by atoms with van der Waals surface area (Å²) in [5.74, 6) is 0.624. The highest BCUT2D eigenvalue weighted by atomic mass is 15.2. The fourth-order valence-electron chi connectivity index (χ4n) is 3.72. The van der Waals surface area contributed by atoms with Gasteiger partial charge in [-0.3, -0.25) is 0 Å². The minimum absolute atomic E-state index is 0.201. The van der Waals surface area contributed by atoms with E-state index >= 15 is 0 Å². The van der Waals surface area contributed by atoms with Crippen molar-refractivity contribution in [3.63, 3.8) is 0 Å². The van der Waals surface area contributed by atoms with Gasteiger partial charge in [0.1, 0.15) is 0 Å². The highest BCUT2D eigenvalue weighted by molar-refractivity contribution is 5.49. The van der Waals surface area contributed by atoms with Crippen LogP contribution in [0, 0.1) is 5.92 Å². The molecule has 2 aromatic carbocycles. The Bertz CT molecular complexity index is 640. The summed E-state index contributed by atoms with van der Waals surface area (Å²) in [5.41, 5.74) is 10.7. The maximum absolute atomic E-state index is 6.36. The van der Waals surface area contributed by atoms with Crippen LogP contribution in [0.25, 0.3) is 0 Å². The van der Waals surface area contributed by atoms with Crippen LogP contribution in [-0.2, 0) is 11.8 Å². The molecule has 0 aromatic heterocycles. The zero-order valence-electron chi connectivity index (χ0n) is 15.2. The minimum atomic E-state index is 0.201. The SMILES string of the molecule is CC(C)(C)c1ccc(N2CC(N)CC(Cc3ccccc3)C2)cc1. The lowest BCUT2D eigenvalue weighted by Crippen LogP contribution is -2.47. The van der Waals surface area contributed by atoms with Gasteiger partial charge >= 0.3 is 0 Å². The molecule has 0 bridgehead atoms. The number of nitrogens with two attached hydrogens (primary N) is 1. The van der Waals surface area contributed by atoms with Crippen LogP contribution in [0.5, 0.6) is 0 Å². The molecule has 2 atom stereocenters. The van der Waals surface area contributed by atoms with Gasteiger partial charge < -0.3 is 10.6 Å². The first-order valence-electron chi connectivity index (χ1n) is 9.07. The molecule has 0 spiro atoms. The summed E-state index contributed by atoms with van der Waals surface area (Å²) < 4.78 is 0. The molecule has 3 rings (SSSR count). The van der Waals surface area contributed by atoms with Gasteiger partial charge in [-0.1, -0.05) is 63.2 Å². The summed E-state index contributed by atoms with van der Waals surface area (Å²) >= 11 is 0. The molecule has 2 nitrogen and oxygen atoms in total.